The molecule has 4 nitrogen and oxygen atoms in total. The van der Waals surface area contributed by atoms with Gasteiger partial charge in [-0.25, -0.2) is 0 Å². The molecule has 1 aromatic carbocycles. The van der Waals surface area contributed by atoms with Gasteiger partial charge in [-0.3, -0.25) is 4.79 Å². The van der Waals surface area contributed by atoms with Crippen LogP contribution in [0.5, 0.6) is 0 Å². The molecular weight excluding hydrogens is 200 g/mol. The second-order valence-corrected chi connectivity index (χ2v) is 3.73. The Labute approximate surface area is 86.7 Å². The third-order valence-electron chi connectivity index (χ3n) is 2.24. The van der Waals surface area contributed by atoms with Crippen LogP contribution < -0.4 is 10.8 Å². The lowest BCUT2D eigenvalue weighted by Gasteiger charge is -2.23. The molecule has 1 aromatic rings. The normalized spacial score (nSPS) is 20.1. The summed E-state index contributed by atoms with van der Waals surface area (Å²) in [5.74, 6) is -0.216. The topological polar surface area (TPSA) is 61.4 Å². The van der Waals surface area contributed by atoms with Gasteiger partial charge in [0.15, 0.2) is 0 Å². The van der Waals surface area contributed by atoms with Gasteiger partial charge in [-0.15, -0.1) is 12.6 Å². The average molecular weight is 210 g/mol. The summed E-state index contributed by atoms with van der Waals surface area (Å²) >= 11 is 4.20. The first-order chi connectivity index (χ1) is 6.70. The Balaban J connectivity index is 2.36. The Morgan fingerprint density at radius 3 is 3.07 bits per heavy atom. The third kappa shape index (κ3) is 1.61. The molecule has 14 heavy (non-hydrogen) atoms. The van der Waals surface area contributed by atoms with E-state index in [1.807, 2.05) is 23.7 Å². The van der Waals surface area contributed by atoms with E-state index in [9.17, 15) is 4.79 Å². The van der Waals surface area contributed by atoms with Crippen LogP contribution in [-0.4, -0.2) is 17.2 Å². The zero-order chi connectivity index (χ0) is 10.1. The number of carbonyl (C=O) groups excluding carboxylic acids is 1. The van der Waals surface area contributed by atoms with Gasteiger partial charge in [0, 0.05) is 17.0 Å². The van der Waals surface area contributed by atoms with Crippen molar-refractivity contribution in [3.05, 3.63) is 23.8 Å². The molecule has 1 heterocycles. The lowest BCUT2D eigenvalue weighted by molar-refractivity contribution is -0.120. The second kappa shape index (κ2) is 3.61. The number of hydrogen-bond donors (Lipinski definition) is 4. The summed E-state index contributed by atoms with van der Waals surface area (Å²) in [7, 11) is 0. The molecular formula is C9H10N2O2S. The van der Waals surface area contributed by atoms with Crippen molar-refractivity contribution in [3.63, 3.8) is 0 Å². The Hall–Kier alpha value is -1.04. The predicted octanol–water partition coefficient (Wildman–Crippen LogP) is 0.817. The lowest BCUT2D eigenvalue weighted by Crippen LogP contribution is -2.43. The van der Waals surface area contributed by atoms with Gasteiger partial charge < -0.3 is 10.5 Å². The van der Waals surface area contributed by atoms with Crippen molar-refractivity contribution in [2.75, 3.05) is 5.32 Å². The number of hydroxylamine groups is 1. The largest absolute Gasteiger partial charge is 0.324 e. The maximum absolute atomic E-state index is 11.3. The van der Waals surface area contributed by atoms with Gasteiger partial charge in [0.2, 0.25) is 5.91 Å². The zero-order valence-corrected chi connectivity index (χ0v) is 8.21. The van der Waals surface area contributed by atoms with Crippen molar-refractivity contribution < 1.29 is 10.0 Å². The maximum atomic E-state index is 11.3. The highest BCUT2D eigenvalue weighted by Crippen LogP contribution is 2.24. The molecule has 0 radical (unpaired) electrons. The van der Waals surface area contributed by atoms with E-state index in [-0.39, 0.29) is 5.91 Å². The van der Waals surface area contributed by atoms with Crippen LogP contribution in [0.15, 0.2) is 23.1 Å². The summed E-state index contributed by atoms with van der Waals surface area (Å²) in [5, 5.41) is 11.4. The summed E-state index contributed by atoms with van der Waals surface area (Å²) in [6.07, 6.45) is 0.478. The third-order valence-corrected chi connectivity index (χ3v) is 2.52. The minimum atomic E-state index is -0.572. The fourth-order valence-corrected chi connectivity index (χ4v) is 1.74. The van der Waals surface area contributed by atoms with Crippen molar-refractivity contribution in [2.45, 2.75) is 17.4 Å². The molecule has 0 saturated heterocycles. The molecule has 3 N–H and O–H groups in total. The molecule has 1 aliphatic heterocycles. The predicted molar refractivity (Wildman–Crippen MR) is 54.7 cm³/mol. The van der Waals surface area contributed by atoms with E-state index < -0.39 is 6.04 Å². The first kappa shape index (κ1) is 9.51. The van der Waals surface area contributed by atoms with Crippen molar-refractivity contribution in [3.8, 4) is 0 Å². The average Bonchev–Trinajstić information content (AvgIpc) is 2.17. The van der Waals surface area contributed by atoms with E-state index in [1.54, 1.807) is 0 Å². The van der Waals surface area contributed by atoms with E-state index in [4.69, 9.17) is 5.21 Å². The quantitative estimate of drug-likeness (QED) is 0.410. The van der Waals surface area contributed by atoms with Gasteiger partial charge >= 0.3 is 0 Å². The van der Waals surface area contributed by atoms with Gasteiger partial charge in [0.05, 0.1) is 0 Å². The molecule has 0 aromatic heterocycles. The molecule has 2 rings (SSSR count). The number of thiol groups is 1. The van der Waals surface area contributed by atoms with Gasteiger partial charge in [-0.05, 0) is 23.8 Å². The number of hydrogen-bond acceptors (Lipinski definition) is 4. The molecule has 0 fully saturated rings. The Morgan fingerprint density at radius 2 is 2.36 bits per heavy atom. The molecule has 1 unspecified atom stereocenters. The molecule has 5 heteroatoms. The lowest BCUT2D eigenvalue weighted by atomic mass is 10.00. The maximum Gasteiger partial charge on any atom is 0.244 e. The van der Waals surface area contributed by atoms with Crippen molar-refractivity contribution in [1.82, 2.24) is 5.48 Å². The van der Waals surface area contributed by atoms with Crippen LogP contribution in [0.25, 0.3) is 0 Å². The molecule has 0 spiro atoms. The van der Waals surface area contributed by atoms with Crippen molar-refractivity contribution in [1.29, 1.82) is 0 Å². The number of carbonyl (C=O) groups is 1. The minimum Gasteiger partial charge on any atom is -0.324 e. The first-order valence-corrected chi connectivity index (χ1v) is 4.68. The SMILES string of the molecule is O=C1Nc2ccc(S)cc2CC1NO. The Morgan fingerprint density at radius 1 is 1.57 bits per heavy atom. The highest BCUT2D eigenvalue weighted by Gasteiger charge is 2.25. The van der Waals surface area contributed by atoms with Gasteiger partial charge in [-0.1, -0.05) is 0 Å². The Bertz CT molecular complexity index is 381. The standard InChI is InChI=1S/C9H10N2O2S/c12-9-8(11-13)4-5-3-6(14)1-2-7(5)10-9/h1-3,8,11,13-14H,4H2,(H,10,12). The monoisotopic (exact) mass is 210 g/mol. The van der Waals surface area contributed by atoms with Gasteiger partial charge in [-0.2, -0.15) is 5.48 Å². The summed E-state index contributed by atoms with van der Waals surface area (Å²) in [5.41, 5.74) is 3.74. The molecule has 0 aliphatic carbocycles. The van der Waals surface area contributed by atoms with E-state index in [0.717, 1.165) is 16.1 Å². The Kier molecular flexibility index (Phi) is 2.45. The van der Waals surface area contributed by atoms with Gasteiger partial charge in [0.25, 0.3) is 0 Å². The summed E-state index contributed by atoms with van der Waals surface area (Å²) in [6, 6.07) is 4.93. The molecule has 1 aliphatic rings. The van der Waals surface area contributed by atoms with Crippen molar-refractivity contribution >= 4 is 24.2 Å². The second-order valence-electron chi connectivity index (χ2n) is 3.22. The van der Waals surface area contributed by atoms with Crippen LogP contribution in [0.3, 0.4) is 0 Å². The highest BCUT2D eigenvalue weighted by atomic mass is 32.1. The molecule has 0 bridgehead atoms. The van der Waals surface area contributed by atoms with Crippen LogP contribution >= 0.6 is 12.6 Å². The summed E-state index contributed by atoms with van der Waals surface area (Å²) in [6.45, 7) is 0. The van der Waals surface area contributed by atoms with Gasteiger partial charge in [0.1, 0.15) is 6.04 Å². The summed E-state index contributed by atoms with van der Waals surface area (Å²) in [4.78, 5) is 12.2. The molecule has 1 atom stereocenters. The van der Waals surface area contributed by atoms with E-state index >= 15 is 0 Å². The number of anilines is 1. The number of rotatable bonds is 1. The highest BCUT2D eigenvalue weighted by molar-refractivity contribution is 7.80. The number of nitrogens with one attached hydrogen (secondary N) is 2. The fourth-order valence-electron chi connectivity index (χ4n) is 1.51. The molecule has 0 saturated carbocycles. The first-order valence-electron chi connectivity index (χ1n) is 4.23. The number of fused-ring (bicyclic) bond motifs is 1. The van der Waals surface area contributed by atoms with E-state index in [2.05, 4.69) is 17.9 Å². The van der Waals surface area contributed by atoms with Crippen molar-refractivity contribution in [2.24, 2.45) is 0 Å². The zero-order valence-electron chi connectivity index (χ0n) is 7.32. The van der Waals surface area contributed by atoms with Crippen LogP contribution in [0.1, 0.15) is 5.56 Å². The van der Waals surface area contributed by atoms with E-state index in [0.29, 0.717) is 6.42 Å². The fraction of sp³-hybridized carbons (Fsp3) is 0.222. The minimum absolute atomic E-state index is 0.216. The van der Waals surface area contributed by atoms with Crippen LogP contribution in [-0.2, 0) is 11.2 Å². The molecule has 74 valence electrons. The molecule has 1 amide bonds. The van der Waals surface area contributed by atoms with E-state index in [1.165, 1.54) is 0 Å². The summed E-state index contributed by atoms with van der Waals surface area (Å²) < 4.78 is 0. The number of benzene rings is 1. The van der Waals surface area contributed by atoms with Crippen LogP contribution in [0, 0.1) is 0 Å². The number of amides is 1. The van der Waals surface area contributed by atoms with Crippen LogP contribution in [0.2, 0.25) is 0 Å². The smallest absolute Gasteiger partial charge is 0.244 e. The van der Waals surface area contributed by atoms with Crippen LogP contribution in [0.4, 0.5) is 5.69 Å².